The van der Waals surface area contributed by atoms with Crippen LogP contribution in [-0.4, -0.2) is 35.0 Å². The van der Waals surface area contributed by atoms with E-state index < -0.39 is 0 Å². The molecule has 3 rings (SSSR count). The number of amides is 1. The number of aryl methyl sites for hydroxylation is 1. The summed E-state index contributed by atoms with van der Waals surface area (Å²) >= 11 is 0. The fraction of sp³-hybridized carbons (Fsp3) is 0.438. The standard InChI is InChI=1S/C16H20N4O/c1-11-5-3-7-14-15(11)16(18-10-17-14)20-8-4-6-13(9-20)19-12(2)21/h3,5,7,10,13H,4,6,8-9H2,1-2H3,(H,19,21). The summed E-state index contributed by atoms with van der Waals surface area (Å²) in [6, 6.07) is 6.32. The van der Waals surface area contributed by atoms with E-state index in [2.05, 4.69) is 33.2 Å². The lowest BCUT2D eigenvalue weighted by molar-refractivity contribution is -0.119. The molecule has 110 valence electrons. The van der Waals surface area contributed by atoms with Crippen LogP contribution in [0, 0.1) is 6.92 Å². The maximum atomic E-state index is 11.3. The molecule has 1 atom stereocenters. The van der Waals surface area contributed by atoms with Gasteiger partial charge in [-0.15, -0.1) is 0 Å². The molecule has 1 fully saturated rings. The molecular formula is C16H20N4O. The van der Waals surface area contributed by atoms with Crippen molar-refractivity contribution in [2.75, 3.05) is 18.0 Å². The molecule has 0 saturated carbocycles. The van der Waals surface area contributed by atoms with Crippen LogP contribution < -0.4 is 10.2 Å². The van der Waals surface area contributed by atoms with Gasteiger partial charge in [0.15, 0.2) is 0 Å². The highest BCUT2D eigenvalue weighted by Crippen LogP contribution is 2.28. The summed E-state index contributed by atoms with van der Waals surface area (Å²) in [5.41, 5.74) is 2.16. The number of aromatic nitrogens is 2. The van der Waals surface area contributed by atoms with E-state index in [0.717, 1.165) is 42.7 Å². The van der Waals surface area contributed by atoms with Gasteiger partial charge < -0.3 is 10.2 Å². The van der Waals surface area contributed by atoms with Crippen LogP contribution in [0.5, 0.6) is 0 Å². The Labute approximate surface area is 124 Å². The summed E-state index contributed by atoms with van der Waals surface area (Å²) in [6.07, 6.45) is 3.71. The zero-order chi connectivity index (χ0) is 14.8. The van der Waals surface area contributed by atoms with Crippen LogP contribution in [0.3, 0.4) is 0 Å². The Balaban J connectivity index is 1.94. The molecule has 2 aromatic rings. The summed E-state index contributed by atoms with van der Waals surface area (Å²) < 4.78 is 0. The number of anilines is 1. The minimum atomic E-state index is 0.0329. The van der Waals surface area contributed by atoms with E-state index >= 15 is 0 Å². The van der Waals surface area contributed by atoms with Gasteiger partial charge in [0.1, 0.15) is 12.1 Å². The first-order chi connectivity index (χ1) is 10.1. The number of hydrogen-bond acceptors (Lipinski definition) is 4. The van der Waals surface area contributed by atoms with Crippen LogP contribution in [-0.2, 0) is 4.79 Å². The molecule has 1 aromatic heterocycles. The molecule has 1 aliphatic heterocycles. The Morgan fingerprint density at radius 3 is 3.05 bits per heavy atom. The maximum absolute atomic E-state index is 11.3. The van der Waals surface area contributed by atoms with Crippen LogP contribution in [0.2, 0.25) is 0 Å². The number of carbonyl (C=O) groups is 1. The van der Waals surface area contributed by atoms with Crippen LogP contribution in [0.15, 0.2) is 24.5 Å². The Bertz CT molecular complexity index is 665. The highest BCUT2D eigenvalue weighted by Gasteiger charge is 2.23. The smallest absolute Gasteiger partial charge is 0.217 e. The molecule has 5 nitrogen and oxygen atoms in total. The van der Waals surface area contributed by atoms with Gasteiger partial charge >= 0.3 is 0 Å². The number of nitrogens with one attached hydrogen (secondary N) is 1. The summed E-state index contributed by atoms with van der Waals surface area (Å²) in [6.45, 7) is 5.43. The van der Waals surface area contributed by atoms with Crippen molar-refractivity contribution in [3.05, 3.63) is 30.1 Å². The van der Waals surface area contributed by atoms with Crippen molar-refractivity contribution in [1.82, 2.24) is 15.3 Å². The summed E-state index contributed by atoms with van der Waals surface area (Å²) in [7, 11) is 0. The molecule has 1 unspecified atom stereocenters. The van der Waals surface area contributed by atoms with Gasteiger partial charge in [0.05, 0.1) is 5.52 Å². The number of fused-ring (bicyclic) bond motifs is 1. The average molecular weight is 284 g/mol. The lowest BCUT2D eigenvalue weighted by atomic mass is 10.0. The number of hydrogen-bond donors (Lipinski definition) is 1. The second-order valence-corrected chi connectivity index (χ2v) is 5.65. The summed E-state index contributed by atoms with van der Waals surface area (Å²) in [4.78, 5) is 22.4. The normalized spacial score (nSPS) is 18.8. The highest BCUT2D eigenvalue weighted by atomic mass is 16.1. The predicted molar refractivity (Wildman–Crippen MR) is 83.3 cm³/mol. The van der Waals surface area contributed by atoms with Gasteiger partial charge in [0.25, 0.3) is 0 Å². The third kappa shape index (κ3) is 2.82. The topological polar surface area (TPSA) is 58.1 Å². The largest absolute Gasteiger partial charge is 0.354 e. The predicted octanol–water partition coefficient (Wildman–Crippen LogP) is 2.04. The SMILES string of the molecule is CC(=O)NC1CCCN(c2ncnc3cccc(C)c23)C1. The van der Waals surface area contributed by atoms with Gasteiger partial charge in [-0.25, -0.2) is 9.97 Å². The van der Waals surface area contributed by atoms with Gasteiger partial charge in [-0.05, 0) is 31.4 Å². The van der Waals surface area contributed by atoms with Gasteiger partial charge in [0, 0.05) is 31.4 Å². The van der Waals surface area contributed by atoms with Crippen LogP contribution in [0.1, 0.15) is 25.3 Å². The fourth-order valence-corrected chi connectivity index (χ4v) is 3.08. The van der Waals surface area contributed by atoms with Crippen LogP contribution in [0.4, 0.5) is 5.82 Å². The molecule has 1 N–H and O–H groups in total. The zero-order valence-corrected chi connectivity index (χ0v) is 12.5. The first kappa shape index (κ1) is 13.8. The second kappa shape index (κ2) is 5.68. The van der Waals surface area contributed by atoms with Crippen molar-refractivity contribution >= 4 is 22.6 Å². The second-order valence-electron chi connectivity index (χ2n) is 5.65. The van der Waals surface area contributed by atoms with Crippen LogP contribution >= 0.6 is 0 Å². The molecule has 1 aromatic carbocycles. The Morgan fingerprint density at radius 2 is 2.24 bits per heavy atom. The molecular weight excluding hydrogens is 264 g/mol. The molecule has 0 aliphatic carbocycles. The summed E-state index contributed by atoms with van der Waals surface area (Å²) in [5, 5.41) is 4.13. The van der Waals surface area contributed by atoms with E-state index in [4.69, 9.17) is 0 Å². The Morgan fingerprint density at radius 1 is 1.38 bits per heavy atom. The van der Waals surface area contributed by atoms with E-state index in [0.29, 0.717) is 0 Å². The quantitative estimate of drug-likeness (QED) is 0.917. The van der Waals surface area contributed by atoms with Gasteiger partial charge in [-0.2, -0.15) is 0 Å². The molecule has 1 saturated heterocycles. The van der Waals surface area contributed by atoms with Crippen LogP contribution in [0.25, 0.3) is 10.9 Å². The average Bonchev–Trinajstić information content (AvgIpc) is 2.46. The fourth-order valence-electron chi connectivity index (χ4n) is 3.08. The lowest BCUT2D eigenvalue weighted by Crippen LogP contribution is -2.47. The van der Waals surface area contributed by atoms with E-state index in [1.807, 2.05) is 12.1 Å². The van der Waals surface area contributed by atoms with Crippen molar-refractivity contribution in [1.29, 1.82) is 0 Å². The van der Waals surface area contributed by atoms with Crippen molar-refractivity contribution in [2.24, 2.45) is 0 Å². The zero-order valence-electron chi connectivity index (χ0n) is 12.5. The van der Waals surface area contributed by atoms with Gasteiger partial charge in [-0.3, -0.25) is 4.79 Å². The van der Waals surface area contributed by atoms with E-state index in [9.17, 15) is 4.79 Å². The first-order valence-electron chi connectivity index (χ1n) is 7.37. The number of benzene rings is 1. The van der Waals surface area contributed by atoms with Crippen molar-refractivity contribution in [3.63, 3.8) is 0 Å². The minimum Gasteiger partial charge on any atom is -0.354 e. The monoisotopic (exact) mass is 284 g/mol. The van der Waals surface area contributed by atoms with E-state index in [1.165, 1.54) is 5.56 Å². The molecule has 5 heteroatoms. The number of piperidine rings is 1. The number of carbonyl (C=O) groups excluding carboxylic acids is 1. The number of rotatable bonds is 2. The van der Waals surface area contributed by atoms with Gasteiger partial charge in [0.2, 0.25) is 5.91 Å². The maximum Gasteiger partial charge on any atom is 0.217 e. The Kier molecular flexibility index (Phi) is 3.73. The Hall–Kier alpha value is -2.17. The van der Waals surface area contributed by atoms with Crippen molar-refractivity contribution in [3.8, 4) is 0 Å². The molecule has 0 spiro atoms. The van der Waals surface area contributed by atoms with Gasteiger partial charge in [-0.1, -0.05) is 12.1 Å². The third-order valence-electron chi connectivity index (χ3n) is 3.98. The highest BCUT2D eigenvalue weighted by molar-refractivity contribution is 5.92. The third-order valence-corrected chi connectivity index (χ3v) is 3.98. The molecule has 1 amide bonds. The summed E-state index contributed by atoms with van der Waals surface area (Å²) in [5.74, 6) is 1.01. The molecule has 21 heavy (non-hydrogen) atoms. The molecule has 2 heterocycles. The first-order valence-corrected chi connectivity index (χ1v) is 7.37. The van der Waals surface area contributed by atoms with E-state index in [-0.39, 0.29) is 11.9 Å². The van der Waals surface area contributed by atoms with E-state index in [1.54, 1.807) is 13.3 Å². The molecule has 0 bridgehead atoms. The van der Waals surface area contributed by atoms with Crippen molar-refractivity contribution < 1.29 is 4.79 Å². The molecule has 0 radical (unpaired) electrons. The number of nitrogens with zero attached hydrogens (tertiary/aromatic N) is 3. The molecule has 1 aliphatic rings. The lowest BCUT2D eigenvalue weighted by Gasteiger charge is -2.34. The minimum absolute atomic E-state index is 0.0329. The van der Waals surface area contributed by atoms with Crippen molar-refractivity contribution in [2.45, 2.75) is 32.7 Å².